The summed E-state index contributed by atoms with van der Waals surface area (Å²) in [5.41, 5.74) is 6.10. The lowest BCUT2D eigenvalue weighted by atomic mass is 10.3. The average molecular weight is 313 g/mol. The van der Waals surface area contributed by atoms with E-state index < -0.39 is 10.0 Å². The number of aromatic nitrogens is 1. The third kappa shape index (κ3) is 3.69. The van der Waals surface area contributed by atoms with Crippen molar-refractivity contribution in [2.45, 2.75) is 11.8 Å². The second kappa shape index (κ2) is 6.21. The maximum atomic E-state index is 12.1. The van der Waals surface area contributed by atoms with E-state index >= 15 is 0 Å². The van der Waals surface area contributed by atoms with Crippen LogP contribution in [0.4, 0.5) is 5.13 Å². The Morgan fingerprint density at radius 3 is 2.60 bits per heavy atom. The molecule has 0 atom stereocenters. The Hall–Kier alpha value is -1.64. The van der Waals surface area contributed by atoms with Gasteiger partial charge in [-0.3, -0.25) is 4.72 Å². The van der Waals surface area contributed by atoms with Gasteiger partial charge >= 0.3 is 0 Å². The van der Waals surface area contributed by atoms with Gasteiger partial charge in [0.05, 0.1) is 10.6 Å². The topological polar surface area (TPSA) is 94.3 Å². The Morgan fingerprint density at radius 1 is 1.35 bits per heavy atom. The van der Waals surface area contributed by atoms with Crippen molar-refractivity contribution >= 4 is 26.5 Å². The van der Waals surface area contributed by atoms with Gasteiger partial charge in [0.25, 0.3) is 10.0 Å². The number of rotatable bonds is 6. The van der Waals surface area contributed by atoms with Gasteiger partial charge in [-0.25, -0.2) is 13.4 Å². The number of benzene rings is 1. The fourth-order valence-corrected chi connectivity index (χ4v) is 3.41. The highest BCUT2D eigenvalue weighted by atomic mass is 32.2. The maximum absolute atomic E-state index is 12.1. The van der Waals surface area contributed by atoms with E-state index in [0.717, 1.165) is 5.69 Å². The zero-order valence-corrected chi connectivity index (χ0v) is 12.5. The summed E-state index contributed by atoms with van der Waals surface area (Å²) in [6.45, 7) is 2.60. The van der Waals surface area contributed by atoms with Crippen molar-refractivity contribution in [3.05, 3.63) is 35.3 Å². The van der Waals surface area contributed by atoms with Gasteiger partial charge in [-0.15, -0.1) is 11.3 Å². The van der Waals surface area contributed by atoms with E-state index in [-0.39, 0.29) is 4.90 Å². The molecule has 20 heavy (non-hydrogen) atoms. The normalized spacial score (nSPS) is 11.3. The van der Waals surface area contributed by atoms with Crippen LogP contribution in [-0.2, 0) is 10.0 Å². The van der Waals surface area contributed by atoms with Crippen LogP contribution < -0.4 is 15.2 Å². The third-order valence-electron chi connectivity index (χ3n) is 2.36. The van der Waals surface area contributed by atoms with Crippen molar-refractivity contribution in [2.24, 2.45) is 5.73 Å². The van der Waals surface area contributed by atoms with Crippen LogP contribution in [0.2, 0.25) is 0 Å². The number of sulfonamides is 1. The molecular weight excluding hydrogens is 298 g/mol. The van der Waals surface area contributed by atoms with Gasteiger partial charge in [0.15, 0.2) is 5.13 Å². The molecule has 0 saturated heterocycles. The highest BCUT2D eigenvalue weighted by Crippen LogP contribution is 2.21. The van der Waals surface area contributed by atoms with E-state index in [0.29, 0.717) is 24.0 Å². The molecule has 0 aliphatic heterocycles. The summed E-state index contributed by atoms with van der Waals surface area (Å²) in [5, 5.41) is 2.13. The zero-order valence-electron chi connectivity index (χ0n) is 10.9. The number of thiazole rings is 1. The number of nitrogens with one attached hydrogen (secondary N) is 1. The van der Waals surface area contributed by atoms with Crippen LogP contribution in [0.25, 0.3) is 0 Å². The lowest BCUT2D eigenvalue weighted by Crippen LogP contribution is -2.13. The molecule has 0 aliphatic carbocycles. The van der Waals surface area contributed by atoms with Crippen LogP contribution in [0, 0.1) is 6.92 Å². The summed E-state index contributed by atoms with van der Waals surface area (Å²) in [7, 11) is -3.62. The molecule has 0 bridgehead atoms. The lowest BCUT2D eigenvalue weighted by molar-refractivity contribution is 0.328. The van der Waals surface area contributed by atoms with Gasteiger partial charge in [-0.05, 0) is 31.2 Å². The summed E-state index contributed by atoms with van der Waals surface area (Å²) >= 11 is 1.25. The molecule has 0 fully saturated rings. The minimum Gasteiger partial charge on any atom is -0.492 e. The monoisotopic (exact) mass is 313 g/mol. The molecule has 0 aliphatic rings. The van der Waals surface area contributed by atoms with Gasteiger partial charge < -0.3 is 10.5 Å². The number of nitrogens with two attached hydrogens (primary N) is 1. The molecule has 1 aromatic carbocycles. The first-order valence-corrected chi connectivity index (χ1v) is 8.25. The molecule has 0 spiro atoms. The first kappa shape index (κ1) is 14.8. The Labute approximate surface area is 121 Å². The summed E-state index contributed by atoms with van der Waals surface area (Å²) in [6.07, 6.45) is 0. The fraction of sp³-hybridized carbons (Fsp3) is 0.250. The van der Waals surface area contributed by atoms with Gasteiger partial charge in [-0.2, -0.15) is 0 Å². The molecule has 2 rings (SSSR count). The second-order valence-electron chi connectivity index (χ2n) is 4.01. The van der Waals surface area contributed by atoms with E-state index in [9.17, 15) is 8.42 Å². The summed E-state index contributed by atoms with van der Waals surface area (Å²) in [6, 6.07) is 6.15. The number of nitrogens with zero attached hydrogens (tertiary/aromatic N) is 1. The van der Waals surface area contributed by atoms with Gasteiger partial charge in [0.2, 0.25) is 0 Å². The predicted octanol–water partition coefficient (Wildman–Crippen LogP) is 1.59. The highest BCUT2D eigenvalue weighted by Gasteiger charge is 2.15. The summed E-state index contributed by atoms with van der Waals surface area (Å²) in [4.78, 5) is 4.23. The molecule has 0 unspecified atom stereocenters. The second-order valence-corrected chi connectivity index (χ2v) is 6.55. The van der Waals surface area contributed by atoms with Crippen LogP contribution in [0.3, 0.4) is 0 Å². The fourth-order valence-electron chi connectivity index (χ4n) is 1.47. The smallest absolute Gasteiger partial charge is 0.263 e. The van der Waals surface area contributed by atoms with Crippen molar-refractivity contribution in [3.63, 3.8) is 0 Å². The van der Waals surface area contributed by atoms with Crippen LogP contribution >= 0.6 is 11.3 Å². The molecule has 108 valence electrons. The Balaban J connectivity index is 2.13. The molecular formula is C12H15N3O3S2. The van der Waals surface area contributed by atoms with Crippen molar-refractivity contribution < 1.29 is 13.2 Å². The Bertz CT molecular complexity index is 666. The third-order valence-corrected chi connectivity index (χ3v) is 4.72. The number of hydrogen-bond donors (Lipinski definition) is 2. The van der Waals surface area contributed by atoms with Crippen LogP contribution in [0.15, 0.2) is 34.5 Å². The SMILES string of the molecule is Cc1csc(NS(=O)(=O)c2ccc(OCCN)cc2)n1. The molecule has 3 N–H and O–H groups in total. The molecule has 0 saturated carbocycles. The first-order valence-electron chi connectivity index (χ1n) is 5.89. The van der Waals surface area contributed by atoms with E-state index in [2.05, 4.69) is 9.71 Å². The number of hydrogen-bond acceptors (Lipinski definition) is 6. The van der Waals surface area contributed by atoms with Crippen LogP contribution in [0.1, 0.15) is 5.69 Å². The van der Waals surface area contributed by atoms with Gasteiger partial charge in [-0.1, -0.05) is 0 Å². The van der Waals surface area contributed by atoms with E-state index in [1.165, 1.54) is 23.5 Å². The quantitative estimate of drug-likeness (QED) is 0.844. The van der Waals surface area contributed by atoms with Crippen LogP contribution in [-0.4, -0.2) is 26.6 Å². The Morgan fingerprint density at radius 2 is 2.05 bits per heavy atom. The molecule has 0 amide bonds. The minimum absolute atomic E-state index is 0.158. The molecule has 2 aromatic rings. The molecule has 1 aromatic heterocycles. The van der Waals surface area contributed by atoms with Crippen molar-refractivity contribution in [1.29, 1.82) is 0 Å². The predicted molar refractivity (Wildman–Crippen MR) is 78.7 cm³/mol. The highest BCUT2D eigenvalue weighted by molar-refractivity contribution is 7.93. The van der Waals surface area contributed by atoms with E-state index in [1.54, 1.807) is 24.4 Å². The largest absolute Gasteiger partial charge is 0.492 e. The standard InChI is InChI=1S/C12H15N3O3S2/c1-9-8-19-12(14-9)15-20(16,17)11-4-2-10(3-5-11)18-7-6-13/h2-5,8H,6-7,13H2,1H3,(H,14,15). The van der Waals surface area contributed by atoms with E-state index in [4.69, 9.17) is 10.5 Å². The van der Waals surface area contributed by atoms with E-state index in [1.807, 2.05) is 0 Å². The number of ether oxygens (including phenoxy) is 1. The van der Waals surface area contributed by atoms with Gasteiger partial charge in [0.1, 0.15) is 12.4 Å². The maximum Gasteiger partial charge on any atom is 0.263 e. The number of aryl methyl sites for hydroxylation is 1. The van der Waals surface area contributed by atoms with Crippen LogP contribution in [0.5, 0.6) is 5.75 Å². The number of anilines is 1. The zero-order chi connectivity index (χ0) is 14.6. The molecule has 6 nitrogen and oxygen atoms in total. The molecule has 8 heteroatoms. The first-order chi connectivity index (χ1) is 9.51. The average Bonchev–Trinajstić information content (AvgIpc) is 2.81. The summed E-state index contributed by atoms with van der Waals surface area (Å²) < 4.78 is 32.0. The molecule has 1 heterocycles. The summed E-state index contributed by atoms with van der Waals surface area (Å²) in [5.74, 6) is 0.583. The van der Waals surface area contributed by atoms with Crippen molar-refractivity contribution in [2.75, 3.05) is 17.9 Å². The van der Waals surface area contributed by atoms with Crippen molar-refractivity contribution in [3.8, 4) is 5.75 Å². The lowest BCUT2D eigenvalue weighted by Gasteiger charge is -2.07. The molecule has 0 radical (unpaired) electrons. The Kier molecular flexibility index (Phi) is 4.58. The van der Waals surface area contributed by atoms with Crippen molar-refractivity contribution in [1.82, 2.24) is 4.98 Å². The van der Waals surface area contributed by atoms with Gasteiger partial charge in [0, 0.05) is 11.9 Å². The minimum atomic E-state index is -3.62.